The van der Waals surface area contributed by atoms with E-state index >= 15 is 0 Å². The number of anilines is 1. The van der Waals surface area contributed by atoms with Crippen molar-refractivity contribution < 1.29 is 0 Å². The van der Waals surface area contributed by atoms with Crippen LogP contribution in [0.1, 0.15) is 31.7 Å². The third-order valence-electron chi connectivity index (χ3n) is 3.32. The minimum absolute atomic E-state index is 0.481. The molecule has 1 unspecified atom stereocenters. The molecule has 0 amide bonds. The van der Waals surface area contributed by atoms with Gasteiger partial charge in [-0.15, -0.1) is 11.6 Å². The van der Waals surface area contributed by atoms with E-state index in [2.05, 4.69) is 17.9 Å². The highest BCUT2D eigenvalue weighted by atomic mass is 35.5. The minimum Gasteiger partial charge on any atom is -0.369 e. The number of halogens is 2. The zero-order valence-electron chi connectivity index (χ0n) is 9.55. The van der Waals surface area contributed by atoms with Crippen LogP contribution in [0.3, 0.4) is 0 Å². The third kappa shape index (κ3) is 2.46. The van der Waals surface area contributed by atoms with Gasteiger partial charge in [-0.25, -0.2) is 0 Å². The lowest BCUT2D eigenvalue weighted by Gasteiger charge is -2.35. The van der Waals surface area contributed by atoms with Crippen LogP contribution in [0.5, 0.6) is 0 Å². The molecule has 0 spiro atoms. The van der Waals surface area contributed by atoms with Crippen LogP contribution in [-0.4, -0.2) is 12.6 Å². The standard InChI is InChI=1S/C13H17Cl2N/c1-10-4-2-3-7-16(10)12-6-5-11(9-14)13(15)8-12/h5-6,8,10H,2-4,7,9H2,1H3. The number of benzene rings is 1. The summed E-state index contributed by atoms with van der Waals surface area (Å²) in [7, 11) is 0. The number of hydrogen-bond donors (Lipinski definition) is 0. The number of hydrogen-bond acceptors (Lipinski definition) is 1. The van der Waals surface area contributed by atoms with Crippen LogP contribution in [0.4, 0.5) is 5.69 Å². The Morgan fingerprint density at radius 2 is 2.19 bits per heavy atom. The molecule has 1 aromatic rings. The number of rotatable bonds is 2. The highest BCUT2D eigenvalue weighted by Crippen LogP contribution is 2.29. The summed E-state index contributed by atoms with van der Waals surface area (Å²) in [6.45, 7) is 3.42. The summed E-state index contributed by atoms with van der Waals surface area (Å²) in [6, 6.07) is 6.82. The lowest BCUT2D eigenvalue weighted by Crippen LogP contribution is -2.37. The molecule has 0 aliphatic carbocycles. The summed E-state index contributed by atoms with van der Waals surface area (Å²) in [6.07, 6.45) is 3.89. The summed E-state index contributed by atoms with van der Waals surface area (Å²) in [4.78, 5) is 2.44. The van der Waals surface area contributed by atoms with Gasteiger partial charge in [0.25, 0.3) is 0 Å². The zero-order valence-corrected chi connectivity index (χ0v) is 11.1. The first kappa shape index (κ1) is 12.1. The van der Waals surface area contributed by atoms with E-state index in [1.54, 1.807) is 0 Å². The van der Waals surface area contributed by atoms with E-state index in [4.69, 9.17) is 23.2 Å². The van der Waals surface area contributed by atoms with Crippen LogP contribution in [0.2, 0.25) is 5.02 Å². The Morgan fingerprint density at radius 3 is 2.81 bits per heavy atom. The monoisotopic (exact) mass is 257 g/mol. The molecule has 0 saturated carbocycles. The summed E-state index contributed by atoms with van der Waals surface area (Å²) in [5, 5.41) is 0.783. The van der Waals surface area contributed by atoms with Gasteiger partial charge in [0.05, 0.1) is 0 Å². The molecule has 88 valence electrons. The zero-order chi connectivity index (χ0) is 11.5. The molecule has 16 heavy (non-hydrogen) atoms. The molecule has 1 aliphatic rings. The fraction of sp³-hybridized carbons (Fsp3) is 0.538. The van der Waals surface area contributed by atoms with Crippen molar-refractivity contribution in [3.8, 4) is 0 Å². The van der Waals surface area contributed by atoms with Crippen molar-refractivity contribution in [2.24, 2.45) is 0 Å². The van der Waals surface area contributed by atoms with Crippen LogP contribution in [-0.2, 0) is 5.88 Å². The molecule has 1 atom stereocenters. The highest BCUT2D eigenvalue weighted by molar-refractivity contribution is 6.32. The Bertz CT molecular complexity index is 365. The van der Waals surface area contributed by atoms with Crippen molar-refractivity contribution in [3.05, 3.63) is 28.8 Å². The van der Waals surface area contributed by atoms with E-state index < -0.39 is 0 Å². The maximum atomic E-state index is 6.19. The molecule has 1 heterocycles. The van der Waals surface area contributed by atoms with Gasteiger partial charge < -0.3 is 4.90 Å². The van der Waals surface area contributed by atoms with Crippen LogP contribution in [0, 0.1) is 0 Å². The second-order valence-electron chi connectivity index (χ2n) is 4.45. The van der Waals surface area contributed by atoms with Crippen LogP contribution in [0.25, 0.3) is 0 Å². The fourth-order valence-corrected chi connectivity index (χ4v) is 2.85. The maximum Gasteiger partial charge on any atom is 0.0488 e. The van der Waals surface area contributed by atoms with Crippen molar-refractivity contribution in [2.75, 3.05) is 11.4 Å². The Kier molecular flexibility index (Phi) is 3.99. The quantitative estimate of drug-likeness (QED) is 0.708. The minimum atomic E-state index is 0.481. The Morgan fingerprint density at radius 1 is 1.38 bits per heavy atom. The number of piperidine rings is 1. The first-order chi connectivity index (χ1) is 7.72. The first-order valence-electron chi connectivity index (χ1n) is 5.83. The average Bonchev–Trinajstić information content (AvgIpc) is 2.29. The lowest BCUT2D eigenvalue weighted by molar-refractivity contribution is 0.485. The van der Waals surface area contributed by atoms with E-state index in [1.807, 2.05) is 12.1 Å². The van der Waals surface area contributed by atoms with Gasteiger partial charge >= 0.3 is 0 Å². The van der Waals surface area contributed by atoms with Crippen LogP contribution in [0.15, 0.2) is 18.2 Å². The second-order valence-corrected chi connectivity index (χ2v) is 5.12. The normalized spacial score (nSPS) is 21.2. The summed E-state index contributed by atoms with van der Waals surface area (Å²) in [5.41, 5.74) is 2.24. The smallest absolute Gasteiger partial charge is 0.0488 e. The van der Waals surface area contributed by atoms with Crippen molar-refractivity contribution in [3.63, 3.8) is 0 Å². The van der Waals surface area contributed by atoms with Crippen molar-refractivity contribution in [1.29, 1.82) is 0 Å². The highest BCUT2D eigenvalue weighted by Gasteiger charge is 2.18. The van der Waals surface area contributed by atoms with Gasteiger partial charge in [-0.3, -0.25) is 0 Å². The predicted molar refractivity (Wildman–Crippen MR) is 71.7 cm³/mol. The second kappa shape index (κ2) is 5.29. The van der Waals surface area contributed by atoms with Crippen LogP contribution < -0.4 is 4.90 Å². The summed E-state index contributed by atoms with van der Waals surface area (Å²) in [5.74, 6) is 0.481. The molecule has 2 rings (SSSR count). The Balaban J connectivity index is 2.22. The molecule has 0 N–H and O–H groups in total. The third-order valence-corrected chi connectivity index (χ3v) is 3.96. The maximum absolute atomic E-state index is 6.19. The van der Waals surface area contributed by atoms with Crippen LogP contribution >= 0.6 is 23.2 Å². The summed E-state index contributed by atoms with van der Waals surface area (Å²) < 4.78 is 0. The molecular formula is C13H17Cl2N. The Labute approximate surface area is 107 Å². The molecule has 0 radical (unpaired) electrons. The molecule has 0 aromatic heterocycles. The molecule has 1 saturated heterocycles. The molecule has 1 fully saturated rings. The first-order valence-corrected chi connectivity index (χ1v) is 6.74. The number of alkyl halides is 1. The predicted octanol–water partition coefficient (Wildman–Crippen LogP) is 4.46. The van der Waals surface area contributed by atoms with Gasteiger partial charge in [-0.2, -0.15) is 0 Å². The van der Waals surface area contributed by atoms with E-state index in [-0.39, 0.29) is 0 Å². The topological polar surface area (TPSA) is 3.24 Å². The van der Waals surface area contributed by atoms with Gasteiger partial charge in [0.15, 0.2) is 0 Å². The Hall–Kier alpha value is -0.400. The van der Waals surface area contributed by atoms with E-state index in [9.17, 15) is 0 Å². The van der Waals surface area contributed by atoms with Gasteiger partial charge in [-0.1, -0.05) is 17.7 Å². The van der Waals surface area contributed by atoms with Gasteiger partial charge in [0.2, 0.25) is 0 Å². The van der Waals surface area contributed by atoms with Gasteiger partial charge in [0.1, 0.15) is 0 Å². The fourth-order valence-electron chi connectivity index (χ4n) is 2.30. The largest absolute Gasteiger partial charge is 0.369 e. The lowest BCUT2D eigenvalue weighted by atomic mass is 10.0. The molecule has 0 bridgehead atoms. The molecule has 3 heteroatoms. The number of nitrogens with zero attached hydrogens (tertiary/aromatic N) is 1. The van der Waals surface area contributed by atoms with Crippen molar-refractivity contribution in [2.45, 2.75) is 38.1 Å². The van der Waals surface area contributed by atoms with E-state index in [0.29, 0.717) is 11.9 Å². The molecular weight excluding hydrogens is 241 g/mol. The SMILES string of the molecule is CC1CCCCN1c1ccc(CCl)c(Cl)c1. The van der Waals surface area contributed by atoms with Crippen molar-refractivity contribution >= 4 is 28.9 Å². The van der Waals surface area contributed by atoms with Gasteiger partial charge in [-0.05, 0) is 43.9 Å². The molecule has 1 aliphatic heterocycles. The molecule has 1 aromatic carbocycles. The van der Waals surface area contributed by atoms with Gasteiger partial charge in [0, 0.05) is 29.2 Å². The van der Waals surface area contributed by atoms with E-state index in [0.717, 1.165) is 17.1 Å². The average molecular weight is 258 g/mol. The van der Waals surface area contributed by atoms with Crippen molar-refractivity contribution in [1.82, 2.24) is 0 Å². The summed E-state index contributed by atoms with van der Waals surface area (Å²) >= 11 is 12.0. The van der Waals surface area contributed by atoms with E-state index in [1.165, 1.54) is 24.9 Å². The molecule has 1 nitrogen and oxygen atoms in total.